The second-order valence-electron chi connectivity index (χ2n) is 9.29. The third-order valence-electron chi connectivity index (χ3n) is 7.32. The van der Waals surface area contributed by atoms with Crippen LogP contribution in [0, 0.1) is 5.92 Å². The molecule has 1 unspecified atom stereocenters. The number of carbonyl (C=O) groups excluding carboxylic acids is 3. The van der Waals surface area contributed by atoms with Gasteiger partial charge in [-0.2, -0.15) is 0 Å². The molecule has 0 aliphatic carbocycles. The second kappa shape index (κ2) is 10.5. The first-order valence-electron chi connectivity index (χ1n) is 12.1. The predicted molar refractivity (Wildman–Crippen MR) is 134 cm³/mol. The van der Waals surface area contributed by atoms with Crippen LogP contribution in [0.2, 0.25) is 0 Å². The lowest BCUT2D eigenvalue weighted by Crippen LogP contribution is -2.54. The monoisotopic (exact) mass is 495 g/mol. The van der Waals surface area contributed by atoms with Crippen LogP contribution in [0.25, 0.3) is 0 Å². The van der Waals surface area contributed by atoms with Gasteiger partial charge in [-0.15, -0.1) is 0 Å². The van der Waals surface area contributed by atoms with Crippen molar-refractivity contribution in [2.75, 3.05) is 41.0 Å². The van der Waals surface area contributed by atoms with Gasteiger partial charge in [0.15, 0.2) is 11.5 Å². The SMILES string of the molecule is COc1ccc(CCN2C(=O)NC(C)(C3CCN(C(=O)c4cccc(OC)c4OC)CC3)C2=O)cc1. The molecule has 2 fully saturated rings. The molecule has 0 radical (unpaired) electrons. The van der Waals surface area contributed by atoms with E-state index >= 15 is 0 Å². The Balaban J connectivity index is 1.38. The van der Waals surface area contributed by atoms with Gasteiger partial charge in [-0.25, -0.2) is 4.79 Å². The van der Waals surface area contributed by atoms with Gasteiger partial charge in [0.2, 0.25) is 0 Å². The number of likely N-dealkylation sites (tertiary alicyclic amines) is 1. The van der Waals surface area contributed by atoms with Crippen LogP contribution in [0.3, 0.4) is 0 Å². The van der Waals surface area contributed by atoms with Crippen molar-refractivity contribution in [1.29, 1.82) is 0 Å². The molecular weight excluding hydrogens is 462 g/mol. The molecule has 1 atom stereocenters. The van der Waals surface area contributed by atoms with Crippen LogP contribution in [0.1, 0.15) is 35.7 Å². The van der Waals surface area contributed by atoms with E-state index in [4.69, 9.17) is 14.2 Å². The maximum atomic E-state index is 13.4. The topological polar surface area (TPSA) is 97.4 Å². The van der Waals surface area contributed by atoms with E-state index in [1.165, 1.54) is 19.1 Å². The summed E-state index contributed by atoms with van der Waals surface area (Å²) in [6.07, 6.45) is 1.77. The Morgan fingerprint density at radius 3 is 2.31 bits per heavy atom. The van der Waals surface area contributed by atoms with Gasteiger partial charge in [-0.05, 0) is 61.9 Å². The number of urea groups is 1. The smallest absolute Gasteiger partial charge is 0.325 e. The quantitative estimate of drug-likeness (QED) is 0.566. The lowest BCUT2D eigenvalue weighted by molar-refractivity contribution is -0.133. The van der Waals surface area contributed by atoms with Crippen molar-refractivity contribution in [1.82, 2.24) is 15.1 Å². The van der Waals surface area contributed by atoms with Crippen molar-refractivity contribution < 1.29 is 28.6 Å². The van der Waals surface area contributed by atoms with Crippen LogP contribution in [-0.4, -0.2) is 74.1 Å². The average Bonchev–Trinajstić information content (AvgIpc) is 3.14. The van der Waals surface area contributed by atoms with Crippen molar-refractivity contribution in [2.24, 2.45) is 5.92 Å². The normalized spacial score (nSPS) is 20.3. The molecule has 2 aliphatic rings. The molecule has 2 aliphatic heterocycles. The number of benzene rings is 2. The highest BCUT2D eigenvalue weighted by Gasteiger charge is 2.52. The number of piperidine rings is 1. The Morgan fingerprint density at radius 2 is 1.69 bits per heavy atom. The molecule has 2 aromatic rings. The van der Waals surface area contributed by atoms with Gasteiger partial charge in [0.05, 0.1) is 26.9 Å². The molecule has 2 aromatic carbocycles. The first-order valence-corrected chi connectivity index (χ1v) is 12.1. The fourth-order valence-corrected chi connectivity index (χ4v) is 5.11. The van der Waals surface area contributed by atoms with Crippen molar-refractivity contribution in [3.05, 3.63) is 53.6 Å². The largest absolute Gasteiger partial charge is 0.497 e. The molecule has 0 spiro atoms. The second-order valence-corrected chi connectivity index (χ2v) is 9.29. The van der Waals surface area contributed by atoms with E-state index in [2.05, 4.69) is 5.32 Å². The van der Waals surface area contributed by atoms with Crippen molar-refractivity contribution in [3.8, 4) is 17.2 Å². The number of carbonyl (C=O) groups is 3. The molecule has 4 amide bonds. The van der Waals surface area contributed by atoms with Gasteiger partial charge in [-0.3, -0.25) is 14.5 Å². The summed E-state index contributed by atoms with van der Waals surface area (Å²) in [5.41, 5.74) is 0.473. The number of imide groups is 1. The molecule has 1 N–H and O–H groups in total. The minimum absolute atomic E-state index is 0.0730. The van der Waals surface area contributed by atoms with Gasteiger partial charge >= 0.3 is 6.03 Å². The van der Waals surface area contributed by atoms with E-state index < -0.39 is 5.54 Å². The van der Waals surface area contributed by atoms with Crippen molar-refractivity contribution in [2.45, 2.75) is 31.7 Å². The summed E-state index contributed by atoms with van der Waals surface area (Å²) >= 11 is 0. The van der Waals surface area contributed by atoms with Crippen LogP contribution in [-0.2, 0) is 11.2 Å². The third-order valence-corrected chi connectivity index (χ3v) is 7.32. The Labute approximate surface area is 211 Å². The summed E-state index contributed by atoms with van der Waals surface area (Å²) in [5.74, 6) is 1.24. The van der Waals surface area contributed by atoms with Crippen molar-refractivity contribution >= 4 is 17.8 Å². The molecular formula is C27H33N3O6. The summed E-state index contributed by atoms with van der Waals surface area (Å²) in [4.78, 5) is 42.4. The van der Waals surface area contributed by atoms with E-state index in [-0.39, 0.29) is 23.8 Å². The van der Waals surface area contributed by atoms with Crippen LogP contribution < -0.4 is 19.5 Å². The van der Waals surface area contributed by atoms with Crippen molar-refractivity contribution in [3.63, 3.8) is 0 Å². The molecule has 192 valence electrons. The minimum atomic E-state index is -0.986. The molecule has 4 rings (SSSR count). The summed E-state index contributed by atoms with van der Waals surface area (Å²) in [6, 6.07) is 12.5. The van der Waals surface area contributed by atoms with Crippen LogP contribution in [0.4, 0.5) is 4.79 Å². The number of ether oxygens (including phenoxy) is 3. The summed E-state index contributed by atoms with van der Waals surface area (Å²) in [7, 11) is 4.65. The lowest BCUT2D eigenvalue weighted by atomic mass is 9.78. The third kappa shape index (κ3) is 4.69. The Kier molecular flexibility index (Phi) is 7.37. The summed E-state index contributed by atoms with van der Waals surface area (Å²) in [6.45, 7) is 3.07. The van der Waals surface area contributed by atoms with E-state index in [0.717, 1.165) is 11.3 Å². The highest BCUT2D eigenvalue weighted by atomic mass is 16.5. The molecule has 9 nitrogen and oxygen atoms in total. The zero-order valence-electron chi connectivity index (χ0n) is 21.2. The maximum absolute atomic E-state index is 13.4. The zero-order valence-corrected chi connectivity index (χ0v) is 21.2. The highest BCUT2D eigenvalue weighted by Crippen LogP contribution is 2.36. The van der Waals surface area contributed by atoms with Crippen LogP contribution >= 0.6 is 0 Å². The van der Waals surface area contributed by atoms with E-state index in [1.54, 1.807) is 37.1 Å². The summed E-state index contributed by atoms with van der Waals surface area (Å²) in [5, 5.41) is 2.94. The fourth-order valence-electron chi connectivity index (χ4n) is 5.11. The van der Waals surface area contributed by atoms with Crippen LogP contribution in [0.15, 0.2) is 42.5 Å². The number of amides is 4. The lowest BCUT2D eigenvalue weighted by Gasteiger charge is -2.39. The molecule has 2 saturated heterocycles. The molecule has 36 heavy (non-hydrogen) atoms. The molecule has 2 heterocycles. The number of hydrogen-bond acceptors (Lipinski definition) is 6. The fraction of sp³-hybridized carbons (Fsp3) is 0.444. The van der Waals surface area contributed by atoms with Gasteiger partial charge in [-0.1, -0.05) is 18.2 Å². The first-order chi connectivity index (χ1) is 17.3. The van der Waals surface area contributed by atoms with E-state index in [9.17, 15) is 14.4 Å². The first kappa shape index (κ1) is 25.3. The predicted octanol–water partition coefficient (Wildman–Crippen LogP) is 3.12. The number of hydrogen-bond donors (Lipinski definition) is 1. The standard InChI is InChI=1S/C27H33N3O6/c1-27(25(32)30(26(33)28-27)17-12-18-8-10-20(34-2)11-9-18)19-13-15-29(16-14-19)24(31)21-6-5-7-22(35-3)23(21)36-4/h5-11,19H,12-17H2,1-4H3,(H,28,33). The van der Waals surface area contributed by atoms with E-state index in [0.29, 0.717) is 56.0 Å². The minimum Gasteiger partial charge on any atom is -0.497 e. The number of methoxy groups -OCH3 is 3. The molecule has 9 heteroatoms. The van der Waals surface area contributed by atoms with Crippen LogP contribution in [0.5, 0.6) is 17.2 Å². The number of para-hydroxylation sites is 1. The van der Waals surface area contributed by atoms with Gasteiger partial charge in [0, 0.05) is 19.6 Å². The zero-order chi connectivity index (χ0) is 25.9. The molecule has 0 bridgehead atoms. The van der Waals surface area contributed by atoms with Gasteiger partial charge in [0.1, 0.15) is 11.3 Å². The number of nitrogens with one attached hydrogen (secondary N) is 1. The number of nitrogens with zero attached hydrogens (tertiary/aromatic N) is 2. The average molecular weight is 496 g/mol. The Morgan fingerprint density at radius 1 is 1.00 bits per heavy atom. The maximum Gasteiger partial charge on any atom is 0.325 e. The Bertz CT molecular complexity index is 1130. The Hall–Kier alpha value is -3.75. The van der Waals surface area contributed by atoms with E-state index in [1.807, 2.05) is 24.3 Å². The molecule has 0 aromatic heterocycles. The molecule has 0 saturated carbocycles. The van der Waals surface area contributed by atoms with Gasteiger partial charge in [0.25, 0.3) is 11.8 Å². The summed E-state index contributed by atoms with van der Waals surface area (Å²) < 4.78 is 15.9. The number of rotatable bonds is 8. The highest BCUT2D eigenvalue weighted by molar-refractivity contribution is 6.07. The van der Waals surface area contributed by atoms with Gasteiger partial charge < -0.3 is 24.4 Å².